The van der Waals surface area contributed by atoms with Gasteiger partial charge in [-0.1, -0.05) is 88.9 Å². The highest BCUT2D eigenvalue weighted by atomic mass is 19.3. The maximum Gasteiger partial charge on any atom is 0.387 e. The normalized spacial score (nSPS) is 12.4. The summed E-state index contributed by atoms with van der Waals surface area (Å²) in [5.41, 5.74) is 5.08. The molecule has 0 bridgehead atoms. The van der Waals surface area contributed by atoms with E-state index in [2.05, 4.69) is 31.6 Å². The lowest BCUT2D eigenvalue weighted by Gasteiger charge is -2.26. The van der Waals surface area contributed by atoms with Crippen molar-refractivity contribution in [2.75, 3.05) is 7.11 Å². The Morgan fingerprint density at radius 2 is 1.65 bits per heavy atom. The van der Waals surface area contributed by atoms with Crippen LogP contribution >= 0.6 is 0 Å². The third kappa shape index (κ3) is 11.0. The SMILES string of the molecule is C1CC1.CCCC(C)(C)Cc1cc(COc2cccc(CCC(=O)OC)c2)ccc1-c1cccc(OC(F)F)c1. The van der Waals surface area contributed by atoms with Gasteiger partial charge >= 0.3 is 12.6 Å². The van der Waals surface area contributed by atoms with E-state index in [1.54, 1.807) is 12.1 Å². The Morgan fingerprint density at radius 1 is 0.925 bits per heavy atom. The average Bonchev–Trinajstić information content (AvgIpc) is 3.80. The quantitative estimate of drug-likeness (QED) is 0.198. The summed E-state index contributed by atoms with van der Waals surface area (Å²) in [5.74, 6) is 0.637. The molecule has 3 aromatic carbocycles. The molecule has 0 aromatic heterocycles. The molecule has 1 fully saturated rings. The van der Waals surface area contributed by atoms with Gasteiger partial charge in [0.15, 0.2) is 0 Å². The van der Waals surface area contributed by atoms with Gasteiger partial charge < -0.3 is 14.2 Å². The summed E-state index contributed by atoms with van der Waals surface area (Å²) in [5, 5.41) is 0. The molecule has 6 heteroatoms. The van der Waals surface area contributed by atoms with Crippen LogP contribution in [0.15, 0.2) is 66.7 Å². The molecule has 0 atom stereocenters. The Morgan fingerprint density at radius 3 is 2.33 bits per heavy atom. The first kappa shape index (κ1) is 31.1. The molecule has 0 amide bonds. The predicted octanol–water partition coefficient (Wildman–Crippen LogP) is 9.18. The van der Waals surface area contributed by atoms with Crippen LogP contribution in [0.3, 0.4) is 0 Å². The van der Waals surface area contributed by atoms with Crippen molar-refractivity contribution in [2.45, 2.75) is 85.4 Å². The number of hydrogen-bond donors (Lipinski definition) is 0. The predicted molar refractivity (Wildman–Crippen MR) is 156 cm³/mol. The lowest BCUT2D eigenvalue weighted by atomic mass is 9.79. The first-order chi connectivity index (χ1) is 19.2. The van der Waals surface area contributed by atoms with Crippen molar-refractivity contribution in [1.82, 2.24) is 0 Å². The third-order valence-corrected chi connectivity index (χ3v) is 6.64. The zero-order chi connectivity index (χ0) is 29.0. The fourth-order valence-electron chi connectivity index (χ4n) is 4.59. The summed E-state index contributed by atoms with van der Waals surface area (Å²) in [4.78, 5) is 11.5. The maximum atomic E-state index is 12.8. The average molecular weight is 553 g/mol. The molecule has 0 N–H and O–H groups in total. The van der Waals surface area contributed by atoms with E-state index in [4.69, 9.17) is 9.47 Å². The van der Waals surface area contributed by atoms with E-state index in [1.165, 1.54) is 32.4 Å². The van der Waals surface area contributed by atoms with Crippen molar-refractivity contribution in [3.8, 4) is 22.6 Å². The van der Waals surface area contributed by atoms with E-state index in [0.717, 1.165) is 52.8 Å². The highest BCUT2D eigenvalue weighted by Gasteiger charge is 2.20. The van der Waals surface area contributed by atoms with E-state index >= 15 is 0 Å². The van der Waals surface area contributed by atoms with Gasteiger partial charge in [-0.2, -0.15) is 8.78 Å². The van der Waals surface area contributed by atoms with Crippen molar-refractivity contribution >= 4 is 5.97 Å². The van der Waals surface area contributed by atoms with Crippen LogP contribution in [-0.2, 0) is 29.0 Å². The molecule has 3 aromatic rings. The van der Waals surface area contributed by atoms with Gasteiger partial charge in [0.05, 0.1) is 7.11 Å². The molecule has 4 rings (SSSR count). The van der Waals surface area contributed by atoms with E-state index < -0.39 is 6.61 Å². The largest absolute Gasteiger partial charge is 0.489 e. The van der Waals surface area contributed by atoms with Crippen LogP contribution in [0.4, 0.5) is 8.78 Å². The minimum atomic E-state index is -2.86. The number of halogens is 2. The first-order valence-corrected chi connectivity index (χ1v) is 14.1. The molecule has 1 aliphatic rings. The lowest BCUT2D eigenvalue weighted by Crippen LogP contribution is -2.15. The number of carbonyl (C=O) groups excluding carboxylic acids is 1. The fraction of sp³-hybridized carbons (Fsp3) is 0.441. The summed E-state index contributed by atoms with van der Waals surface area (Å²) in [6.45, 7) is 4.20. The molecule has 40 heavy (non-hydrogen) atoms. The topological polar surface area (TPSA) is 44.8 Å². The van der Waals surface area contributed by atoms with Gasteiger partial charge in [0.1, 0.15) is 18.1 Å². The number of carbonyl (C=O) groups is 1. The van der Waals surface area contributed by atoms with E-state index in [0.29, 0.717) is 19.4 Å². The number of aryl methyl sites for hydroxylation is 1. The molecule has 0 saturated heterocycles. The standard InChI is InChI=1S/C31H36F2O4.C3H6/c1-5-16-31(2,3)20-25-17-23(12-14-28(25)24-9-7-11-27(19-24)37-30(32)33)21-36-26-10-6-8-22(18-26)13-15-29(34)35-4;1-2-3-1/h6-12,14,17-19,30H,5,13,15-16,20-21H2,1-4H3;1-3H2. The van der Waals surface area contributed by atoms with Crippen LogP contribution in [0.5, 0.6) is 11.5 Å². The summed E-state index contributed by atoms with van der Waals surface area (Å²) in [6.07, 6.45) is 8.40. The Balaban J connectivity index is 0.00000137. The number of rotatable bonds is 13. The van der Waals surface area contributed by atoms with Crippen molar-refractivity contribution in [2.24, 2.45) is 5.41 Å². The smallest absolute Gasteiger partial charge is 0.387 e. The third-order valence-electron chi connectivity index (χ3n) is 6.64. The molecule has 0 aliphatic heterocycles. The van der Waals surface area contributed by atoms with Crippen LogP contribution in [0, 0.1) is 5.41 Å². The summed E-state index contributed by atoms with van der Waals surface area (Å²) < 4.78 is 41.0. The van der Waals surface area contributed by atoms with Crippen LogP contribution in [0.25, 0.3) is 11.1 Å². The molecule has 0 unspecified atom stereocenters. The molecule has 4 nitrogen and oxygen atoms in total. The van der Waals surface area contributed by atoms with Gasteiger partial charge in [0.2, 0.25) is 0 Å². The van der Waals surface area contributed by atoms with Gasteiger partial charge in [-0.25, -0.2) is 0 Å². The summed E-state index contributed by atoms with van der Waals surface area (Å²) >= 11 is 0. The second-order valence-electron chi connectivity index (χ2n) is 11.1. The number of alkyl halides is 2. The zero-order valence-corrected chi connectivity index (χ0v) is 24.2. The monoisotopic (exact) mass is 552 g/mol. The van der Waals surface area contributed by atoms with Crippen LogP contribution < -0.4 is 9.47 Å². The number of esters is 1. The molecular formula is C34H42F2O4. The van der Waals surface area contributed by atoms with Crippen LogP contribution in [0.1, 0.15) is 76.0 Å². The van der Waals surface area contributed by atoms with E-state index in [-0.39, 0.29) is 17.1 Å². The molecule has 0 spiro atoms. The van der Waals surface area contributed by atoms with Gasteiger partial charge in [0.25, 0.3) is 0 Å². The molecule has 1 saturated carbocycles. The molecule has 0 radical (unpaired) electrons. The second-order valence-corrected chi connectivity index (χ2v) is 11.1. The van der Waals surface area contributed by atoms with Crippen LogP contribution in [-0.4, -0.2) is 19.7 Å². The molecular weight excluding hydrogens is 510 g/mol. The highest BCUT2D eigenvalue weighted by Crippen LogP contribution is 2.35. The first-order valence-electron chi connectivity index (χ1n) is 14.1. The lowest BCUT2D eigenvalue weighted by molar-refractivity contribution is -0.140. The fourth-order valence-corrected chi connectivity index (χ4v) is 4.59. The van der Waals surface area contributed by atoms with Gasteiger partial charge in [-0.15, -0.1) is 0 Å². The van der Waals surface area contributed by atoms with Crippen molar-refractivity contribution in [1.29, 1.82) is 0 Å². The minimum Gasteiger partial charge on any atom is -0.489 e. The maximum absolute atomic E-state index is 12.8. The Labute approximate surface area is 237 Å². The van der Waals surface area contributed by atoms with Crippen molar-refractivity contribution < 1.29 is 27.8 Å². The number of methoxy groups -OCH3 is 1. The molecule has 1 aliphatic carbocycles. The summed E-state index contributed by atoms with van der Waals surface area (Å²) in [6, 6.07) is 20.8. The van der Waals surface area contributed by atoms with E-state index in [1.807, 2.05) is 42.5 Å². The molecule has 216 valence electrons. The minimum absolute atomic E-state index is 0.0774. The van der Waals surface area contributed by atoms with Crippen molar-refractivity contribution in [3.05, 3.63) is 83.4 Å². The van der Waals surface area contributed by atoms with E-state index in [9.17, 15) is 13.6 Å². The Hall–Kier alpha value is -3.41. The number of benzene rings is 3. The summed E-state index contributed by atoms with van der Waals surface area (Å²) in [7, 11) is 1.39. The molecule has 0 heterocycles. The van der Waals surface area contributed by atoms with Gasteiger partial charge in [-0.05, 0) is 76.8 Å². The van der Waals surface area contributed by atoms with Crippen molar-refractivity contribution in [3.63, 3.8) is 0 Å². The van der Waals surface area contributed by atoms with Crippen LogP contribution in [0.2, 0.25) is 0 Å². The second kappa shape index (κ2) is 15.4. The number of hydrogen-bond acceptors (Lipinski definition) is 4. The highest BCUT2D eigenvalue weighted by molar-refractivity contribution is 5.70. The van der Waals surface area contributed by atoms with Gasteiger partial charge in [-0.3, -0.25) is 4.79 Å². The Kier molecular flexibility index (Phi) is 12.0. The number of ether oxygens (including phenoxy) is 3. The Bertz CT molecular complexity index is 1220. The zero-order valence-electron chi connectivity index (χ0n) is 24.2. The van der Waals surface area contributed by atoms with Gasteiger partial charge in [0, 0.05) is 6.42 Å².